The van der Waals surface area contributed by atoms with Crippen molar-refractivity contribution in [1.82, 2.24) is 15.3 Å². The predicted octanol–water partition coefficient (Wildman–Crippen LogP) is 6.99. The molecule has 4 nitrogen and oxygen atoms in total. The summed E-state index contributed by atoms with van der Waals surface area (Å²) in [6.45, 7) is 3.51. The number of rotatable bonds is 7. The van der Waals surface area contributed by atoms with Gasteiger partial charge in [-0.3, -0.25) is 0 Å². The molecule has 0 aliphatic rings. The third-order valence-corrected chi connectivity index (χ3v) is 6.22. The van der Waals surface area contributed by atoms with E-state index >= 15 is 0 Å². The van der Waals surface area contributed by atoms with Crippen LogP contribution in [0.25, 0.3) is 33.4 Å². The van der Waals surface area contributed by atoms with Crippen LogP contribution in [0.3, 0.4) is 0 Å². The van der Waals surface area contributed by atoms with Crippen molar-refractivity contribution in [2.24, 2.45) is 0 Å². The Morgan fingerprint density at radius 2 is 1.71 bits per heavy atom. The quantitative estimate of drug-likeness (QED) is 0.279. The van der Waals surface area contributed by atoms with Gasteiger partial charge in [0.25, 0.3) is 0 Å². The number of benzene rings is 3. The van der Waals surface area contributed by atoms with Crippen LogP contribution >= 0.6 is 11.6 Å². The summed E-state index contributed by atoms with van der Waals surface area (Å²) in [5.41, 5.74) is 2.02. The molecular weight excluding hydrogens is 473 g/mol. The van der Waals surface area contributed by atoms with Crippen LogP contribution in [0.2, 0.25) is 5.02 Å². The number of hydrogen-bond acceptors (Lipinski definition) is 4. The molecule has 4 aromatic rings. The van der Waals surface area contributed by atoms with Gasteiger partial charge in [-0.25, -0.2) is 9.97 Å². The average molecular weight is 499 g/mol. The summed E-state index contributed by atoms with van der Waals surface area (Å²) >= 11 is 6.33. The molecule has 0 aliphatic heterocycles. The first-order chi connectivity index (χ1) is 16.7. The molecule has 3 aromatic carbocycles. The highest BCUT2D eigenvalue weighted by atomic mass is 35.5. The Labute approximate surface area is 207 Å². The molecule has 0 bridgehead atoms. The molecule has 0 aliphatic carbocycles. The van der Waals surface area contributed by atoms with E-state index in [9.17, 15) is 13.2 Å². The van der Waals surface area contributed by atoms with Crippen LogP contribution in [-0.4, -0.2) is 37.2 Å². The van der Waals surface area contributed by atoms with Crippen LogP contribution in [0.1, 0.15) is 17.5 Å². The molecule has 0 saturated heterocycles. The lowest BCUT2D eigenvalue weighted by atomic mass is 9.98. The summed E-state index contributed by atoms with van der Waals surface area (Å²) in [5.74, 6) is 0.920. The molecule has 0 saturated carbocycles. The van der Waals surface area contributed by atoms with E-state index in [2.05, 4.69) is 5.32 Å². The fourth-order valence-electron chi connectivity index (χ4n) is 4.07. The smallest absolute Gasteiger partial charge is 0.359 e. The van der Waals surface area contributed by atoms with Crippen LogP contribution in [0.15, 0.2) is 60.7 Å². The van der Waals surface area contributed by atoms with Crippen molar-refractivity contribution in [2.45, 2.75) is 19.5 Å². The Morgan fingerprint density at radius 1 is 0.971 bits per heavy atom. The van der Waals surface area contributed by atoms with Crippen molar-refractivity contribution in [3.8, 4) is 22.5 Å². The fourth-order valence-corrected chi connectivity index (χ4v) is 4.31. The monoisotopic (exact) mass is 498 g/mol. The van der Waals surface area contributed by atoms with Crippen molar-refractivity contribution >= 4 is 28.3 Å². The number of aryl methyl sites for hydroxylation is 1. The molecule has 1 aromatic heterocycles. The second kappa shape index (κ2) is 10.2. The predicted molar refractivity (Wildman–Crippen MR) is 137 cm³/mol. The van der Waals surface area contributed by atoms with Crippen molar-refractivity contribution in [3.63, 3.8) is 0 Å². The molecule has 182 valence electrons. The highest BCUT2D eigenvalue weighted by Crippen LogP contribution is 2.38. The summed E-state index contributed by atoms with van der Waals surface area (Å²) in [5, 5.41) is 4.36. The van der Waals surface area contributed by atoms with Crippen LogP contribution in [0, 0.1) is 6.92 Å². The number of halogens is 4. The van der Waals surface area contributed by atoms with Crippen molar-refractivity contribution in [1.29, 1.82) is 0 Å². The van der Waals surface area contributed by atoms with E-state index in [0.29, 0.717) is 27.5 Å². The van der Waals surface area contributed by atoms with Gasteiger partial charge in [0.05, 0.1) is 11.1 Å². The highest BCUT2D eigenvalue weighted by molar-refractivity contribution is 6.33. The first-order valence-corrected chi connectivity index (χ1v) is 11.7. The van der Waals surface area contributed by atoms with E-state index in [-0.39, 0.29) is 11.4 Å². The second-order valence-electron chi connectivity index (χ2n) is 8.50. The number of nitrogens with one attached hydrogen (secondary N) is 1. The standard InChI is InChI=1S/C27H26ClF3N4/c1-17-8-6-10-22-24(17)33-25(34-26(22)35(3)13-7-12-32-2)19-14-18(15-20(16-19)27(29,30)31)21-9-4-5-11-23(21)28/h4-6,8-11,14-16,32H,7,12-13H2,1-3H3. The maximum Gasteiger partial charge on any atom is 0.416 e. The fraction of sp³-hybridized carbons (Fsp3) is 0.259. The van der Waals surface area contributed by atoms with E-state index in [1.54, 1.807) is 30.3 Å². The van der Waals surface area contributed by atoms with Gasteiger partial charge in [-0.15, -0.1) is 0 Å². The summed E-state index contributed by atoms with van der Waals surface area (Å²) in [7, 11) is 3.83. The number of para-hydroxylation sites is 1. The molecule has 4 rings (SSSR count). The third kappa shape index (κ3) is 5.41. The SMILES string of the molecule is CNCCCN(C)c1nc(-c2cc(-c3ccccc3Cl)cc(C(F)(F)F)c2)nc2c(C)cccc12. The molecular formula is C27H26ClF3N4. The molecule has 1 N–H and O–H groups in total. The zero-order valence-electron chi connectivity index (χ0n) is 19.7. The Hall–Kier alpha value is -3.16. The molecule has 0 spiro atoms. The summed E-state index contributed by atoms with van der Waals surface area (Å²) in [6.07, 6.45) is -3.65. The van der Waals surface area contributed by atoms with Gasteiger partial charge in [-0.2, -0.15) is 13.2 Å². The summed E-state index contributed by atoms with van der Waals surface area (Å²) in [6, 6.07) is 16.5. The Kier molecular flexibility index (Phi) is 7.28. The molecule has 8 heteroatoms. The van der Waals surface area contributed by atoms with E-state index in [4.69, 9.17) is 21.6 Å². The Morgan fingerprint density at radius 3 is 2.43 bits per heavy atom. The molecule has 1 heterocycles. The Bertz CT molecular complexity index is 1350. The Balaban J connectivity index is 1.93. The topological polar surface area (TPSA) is 41.0 Å². The minimum atomic E-state index is -4.54. The van der Waals surface area contributed by atoms with E-state index in [1.165, 1.54) is 0 Å². The highest BCUT2D eigenvalue weighted by Gasteiger charge is 2.32. The minimum absolute atomic E-state index is 0.238. The number of alkyl halides is 3. The maximum atomic E-state index is 13.9. The lowest BCUT2D eigenvalue weighted by Crippen LogP contribution is -2.23. The zero-order chi connectivity index (χ0) is 25.2. The third-order valence-electron chi connectivity index (χ3n) is 5.89. The van der Waals surface area contributed by atoms with Gasteiger partial charge in [0.15, 0.2) is 5.82 Å². The van der Waals surface area contributed by atoms with Gasteiger partial charge in [0, 0.05) is 35.1 Å². The van der Waals surface area contributed by atoms with Crippen molar-refractivity contribution in [2.75, 3.05) is 32.1 Å². The van der Waals surface area contributed by atoms with Crippen molar-refractivity contribution in [3.05, 3.63) is 76.8 Å². The number of fused-ring (bicyclic) bond motifs is 1. The van der Waals surface area contributed by atoms with Crippen LogP contribution in [-0.2, 0) is 6.18 Å². The maximum absolute atomic E-state index is 13.9. The van der Waals surface area contributed by atoms with Crippen LogP contribution < -0.4 is 10.2 Å². The molecule has 0 amide bonds. The van der Waals surface area contributed by atoms with Gasteiger partial charge >= 0.3 is 6.18 Å². The van der Waals surface area contributed by atoms with Gasteiger partial charge in [0.2, 0.25) is 0 Å². The van der Waals surface area contributed by atoms with E-state index < -0.39 is 11.7 Å². The number of aromatic nitrogens is 2. The van der Waals surface area contributed by atoms with Crippen LogP contribution in [0.4, 0.5) is 19.0 Å². The zero-order valence-corrected chi connectivity index (χ0v) is 20.5. The first-order valence-electron chi connectivity index (χ1n) is 11.3. The molecule has 0 radical (unpaired) electrons. The largest absolute Gasteiger partial charge is 0.416 e. The molecule has 35 heavy (non-hydrogen) atoms. The normalized spacial score (nSPS) is 11.7. The first kappa shape index (κ1) is 24.9. The van der Waals surface area contributed by atoms with E-state index in [0.717, 1.165) is 42.6 Å². The van der Waals surface area contributed by atoms with Gasteiger partial charge in [-0.1, -0.05) is 41.9 Å². The number of nitrogens with zero attached hydrogens (tertiary/aromatic N) is 3. The molecule has 0 unspecified atom stereocenters. The summed E-state index contributed by atoms with van der Waals surface area (Å²) in [4.78, 5) is 11.5. The van der Waals surface area contributed by atoms with Crippen LogP contribution in [0.5, 0.6) is 0 Å². The van der Waals surface area contributed by atoms with Gasteiger partial charge in [-0.05, 0) is 68.4 Å². The lowest BCUT2D eigenvalue weighted by Gasteiger charge is -2.21. The summed E-state index contributed by atoms with van der Waals surface area (Å²) < 4.78 is 41.7. The number of anilines is 1. The molecule has 0 fully saturated rings. The van der Waals surface area contributed by atoms with E-state index in [1.807, 2.05) is 44.1 Å². The molecule has 0 atom stereocenters. The van der Waals surface area contributed by atoms with Gasteiger partial charge < -0.3 is 10.2 Å². The average Bonchev–Trinajstić information content (AvgIpc) is 2.83. The minimum Gasteiger partial charge on any atom is -0.359 e. The second-order valence-corrected chi connectivity index (χ2v) is 8.90. The lowest BCUT2D eigenvalue weighted by molar-refractivity contribution is -0.137. The van der Waals surface area contributed by atoms with Gasteiger partial charge in [0.1, 0.15) is 5.82 Å². The number of hydrogen-bond donors (Lipinski definition) is 1. The van der Waals surface area contributed by atoms with Crippen molar-refractivity contribution < 1.29 is 13.2 Å².